The number of hydrogen-bond acceptors (Lipinski definition) is 3. The number of fused-ring (bicyclic) bond motifs is 5. The first-order valence-electron chi connectivity index (χ1n) is 16.2. The van der Waals surface area contributed by atoms with Gasteiger partial charge in [-0.1, -0.05) is 115 Å². The fourth-order valence-corrected chi connectivity index (χ4v) is 7.94. The molecule has 3 heteroatoms. The number of anilines is 3. The van der Waals surface area contributed by atoms with Crippen LogP contribution in [-0.2, 0) is 0 Å². The van der Waals surface area contributed by atoms with Gasteiger partial charge in [-0.05, 0) is 93.4 Å². The molecule has 9 rings (SSSR count). The quantitative estimate of drug-likeness (QED) is 0.182. The molecule has 0 aliphatic rings. The van der Waals surface area contributed by atoms with Crippen molar-refractivity contribution in [3.05, 3.63) is 182 Å². The van der Waals surface area contributed by atoms with Gasteiger partial charge in [0, 0.05) is 55.0 Å². The summed E-state index contributed by atoms with van der Waals surface area (Å²) in [7, 11) is 0. The zero-order valence-corrected chi connectivity index (χ0v) is 26.9. The second-order valence-electron chi connectivity index (χ2n) is 12.0. The lowest BCUT2D eigenvalue weighted by Crippen LogP contribution is -2.10. The predicted molar refractivity (Wildman–Crippen MR) is 206 cm³/mol. The van der Waals surface area contributed by atoms with Gasteiger partial charge in [0.25, 0.3) is 0 Å². The second-order valence-corrected chi connectivity index (χ2v) is 13.1. The third kappa shape index (κ3) is 5.02. The Morgan fingerprint density at radius 2 is 1.00 bits per heavy atom. The van der Waals surface area contributed by atoms with Crippen LogP contribution >= 0.6 is 11.3 Å². The highest BCUT2D eigenvalue weighted by Gasteiger charge is 2.18. The first-order valence-corrected chi connectivity index (χ1v) is 17.0. The Bertz CT molecular complexity index is 2540. The second kappa shape index (κ2) is 12.0. The third-order valence-electron chi connectivity index (χ3n) is 9.16. The van der Waals surface area contributed by atoms with Gasteiger partial charge in [0.15, 0.2) is 0 Å². The van der Waals surface area contributed by atoms with Gasteiger partial charge in [-0.3, -0.25) is 4.98 Å². The topological polar surface area (TPSA) is 16.1 Å². The third-order valence-corrected chi connectivity index (χ3v) is 10.3. The largest absolute Gasteiger partial charge is 0.310 e. The van der Waals surface area contributed by atoms with Gasteiger partial charge < -0.3 is 4.90 Å². The average Bonchev–Trinajstić information content (AvgIpc) is 3.55. The van der Waals surface area contributed by atoms with Gasteiger partial charge in [-0.2, -0.15) is 0 Å². The molecule has 0 fully saturated rings. The molecule has 0 amide bonds. The molecule has 0 radical (unpaired) electrons. The Morgan fingerprint density at radius 1 is 0.417 bits per heavy atom. The number of thiophene rings is 1. The molecule has 48 heavy (non-hydrogen) atoms. The summed E-state index contributed by atoms with van der Waals surface area (Å²) < 4.78 is 2.55. The van der Waals surface area contributed by atoms with E-state index in [1.165, 1.54) is 64.3 Å². The smallest absolute Gasteiger partial charge is 0.0468 e. The number of rotatable bonds is 6. The predicted octanol–water partition coefficient (Wildman–Crippen LogP) is 13.1. The molecule has 2 nitrogen and oxygen atoms in total. The first-order chi connectivity index (χ1) is 23.8. The molecule has 7 aromatic carbocycles. The van der Waals surface area contributed by atoms with Crippen LogP contribution < -0.4 is 4.90 Å². The van der Waals surface area contributed by atoms with E-state index >= 15 is 0 Å². The Labute approximate surface area is 283 Å². The highest BCUT2D eigenvalue weighted by molar-refractivity contribution is 7.26. The van der Waals surface area contributed by atoms with Gasteiger partial charge in [0.1, 0.15) is 0 Å². The van der Waals surface area contributed by atoms with Crippen molar-refractivity contribution in [2.24, 2.45) is 0 Å². The van der Waals surface area contributed by atoms with Crippen LogP contribution in [0.3, 0.4) is 0 Å². The lowest BCUT2D eigenvalue weighted by Gasteiger charge is -2.27. The van der Waals surface area contributed by atoms with Crippen LogP contribution in [-0.4, -0.2) is 4.98 Å². The van der Waals surface area contributed by atoms with E-state index in [4.69, 9.17) is 0 Å². The number of nitrogens with zero attached hydrogens (tertiary/aromatic N) is 2. The summed E-state index contributed by atoms with van der Waals surface area (Å²) in [6, 6.07) is 61.2. The van der Waals surface area contributed by atoms with Crippen LogP contribution in [0.15, 0.2) is 182 Å². The summed E-state index contributed by atoms with van der Waals surface area (Å²) in [6.07, 6.45) is 3.88. The monoisotopic (exact) mass is 630 g/mol. The summed E-state index contributed by atoms with van der Waals surface area (Å²) in [4.78, 5) is 6.89. The Balaban J connectivity index is 1.27. The van der Waals surface area contributed by atoms with E-state index in [9.17, 15) is 0 Å². The van der Waals surface area contributed by atoms with Crippen molar-refractivity contribution in [3.8, 4) is 33.4 Å². The molecular weight excluding hydrogens is 601 g/mol. The Kier molecular flexibility index (Phi) is 7.03. The Morgan fingerprint density at radius 3 is 1.73 bits per heavy atom. The van der Waals surface area contributed by atoms with Crippen molar-refractivity contribution in [2.45, 2.75) is 0 Å². The minimum atomic E-state index is 1.10. The lowest BCUT2D eigenvalue weighted by atomic mass is 9.93. The van der Waals surface area contributed by atoms with Crippen LogP contribution in [0, 0.1) is 0 Å². The van der Waals surface area contributed by atoms with Crippen molar-refractivity contribution in [1.82, 2.24) is 4.98 Å². The van der Waals surface area contributed by atoms with Crippen molar-refractivity contribution in [2.75, 3.05) is 4.90 Å². The molecule has 0 aliphatic heterocycles. The summed E-state index contributed by atoms with van der Waals surface area (Å²) in [6.45, 7) is 0. The molecule has 0 saturated heterocycles. The number of pyridine rings is 1. The molecule has 0 unspecified atom stereocenters. The molecule has 0 spiro atoms. The number of benzene rings is 7. The van der Waals surface area contributed by atoms with E-state index in [1.807, 2.05) is 23.7 Å². The van der Waals surface area contributed by atoms with E-state index in [0.29, 0.717) is 0 Å². The number of hydrogen-bond donors (Lipinski definition) is 0. The van der Waals surface area contributed by atoms with Gasteiger partial charge >= 0.3 is 0 Å². The van der Waals surface area contributed by atoms with Crippen molar-refractivity contribution in [1.29, 1.82) is 0 Å². The maximum Gasteiger partial charge on any atom is 0.0468 e. The standard InChI is InChI=1S/C45H30N2S/c1-4-10-31(11-5-1)32-16-19-36(20-17-32)47(37-21-23-39(33-12-6-2-7-13-33)40(28-37)34-14-8-3-9-15-34)38-22-25-43-41(29-38)45-42-30-46-27-26-35(42)18-24-44(45)48-43/h1-30H. The van der Waals surface area contributed by atoms with Crippen LogP contribution in [0.1, 0.15) is 0 Å². The van der Waals surface area contributed by atoms with E-state index in [-0.39, 0.29) is 0 Å². The number of aromatic nitrogens is 1. The van der Waals surface area contributed by atoms with Crippen molar-refractivity contribution in [3.63, 3.8) is 0 Å². The molecule has 9 aromatic rings. The minimum absolute atomic E-state index is 1.10. The fourth-order valence-electron chi connectivity index (χ4n) is 6.84. The van der Waals surface area contributed by atoms with E-state index in [2.05, 4.69) is 180 Å². The molecule has 0 N–H and O–H groups in total. The maximum atomic E-state index is 4.50. The average molecular weight is 631 g/mol. The van der Waals surface area contributed by atoms with E-state index in [1.54, 1.807) is 0 Å². The molecular formula is C45H30N2S. The zero-order chi connectivity index (χ0) is 31.9. The lowest BCUT2D eigenvalue weighted by molar-refractivity contribution is 1.29. The maximum absolute atomic E-state index is 4.50. The van der Waals surface area contributed by atoms with Crippen molar-refractivity contribution < 1.29 is 0 Å². The normalized spacial score (nSPS) is 11.3. The van der Waals surface area contributed by atoms with Crippen LogP contribution in [0.2, 0.25) is 0 Å². The molecule has 0 saturated carbocycles. The fraction of sp³-hybridized carbons (Fsp3) is 0. The molecule has 0 atom stereocenters. The van der Waals surface area contributed by atoms with Crippen LogP contribution in [0.5, 0.6) is 0 Å². The highest BCUT2D eigenvalue weighted by Crippen LogP contribution is 2.44. The molecule has 0 aliphatic carbocycles. The van der Waals surface area contributed by atoms with E-state index in [0.717, 1.165) is 17.1 Å². The van der Waals surface area contributed by atoms with Gasteiger partial charge in [-0.25, -0.2) is 0 Å². The molecule has 0 bridgehead atoms. The van der Waals surface area contributed by atoms with E-state index < -0.39 is 0 Å². The van der Waals surface area contributed by atoms with Gasteiger partial charge in [0.05, 0.1) is 0 Å². The summed E-state index contributed by atoms with van der Waals surface area (Å²) >= 11 is 1.84. The zero-order valence-electron chi connectivity index (χ0n) is 26.1. The molecule has 2 aromatic heterocycles. The summed E-state index contributed by atoms with van der Waals surface area (Å²) in [5.74, 6) is 0. The minimum Gasteiger partial charge on any atom is -0.310 e. The van der Waals surface area contributed by atoms with Crippen LogP contribution in [0.25, 0.3) is 64.3 Å². The summed E-state index contributed by atoms with van der Waals surface area (Å²) in [5, 5.41) is 4.92. The van der Waals surface area contributed by atoms with Crippen molar-refractivity contribution >= 4 is 59.3 Å². The van der Waals surface area contributed by atoms with Gasteiger partial charge in [-0.15, -0.1) is 11.3 Å². The van der Waals surface area contributed by atoms with Gasteiger partial charge in [0.2, 0.25) is 0 Å². The highest BCUT2D eigenvalue weighted by atomic mass is 32.1. The SMILES string of the molecule is c1ccc(-c2ccc(N(c3ccc(-c4ccccc4)c(-c4ccccc4)c3)c3ccc4sc5ccc6ccncc6c5c4c3)cc2)cc1. The molecule has 226 valence electrons. The first kappa shape index (κ1) is 28.2. The molecule has 2 heterocycles. The summed E-state index contributed by atoms with van der Waals surface area (Å²) in [5.41, 5.74) is 10.5. The van der Waals surface area contributed by atoms with Crippen LogP contribution in [0.4, 0.5) is 17.1 Å². The Hall–Kier alpha value is -6.03.